The molecule has 0 bridgehead atoms. The molecule has 2 rings (SSSR count). The molecule has 0 aliphatic carbocycles. The summed E-state index contributed by atoms with van der Waals surface area (Å²) in [7, 11) is 0. The molecule has 3 heteroatoms. The second kappa shape index (κ2) is 5.66. The molecule has 0 fully saturated rings. The third-order valence-corrected chi connectivity index (χ3v) is 2.50. The summed E-state index contributed by atoms with van der Waals surface area (Å²) in [6.45, 7) is 4.99. The van der Waals surface area contributed by atoms with Crippen LogP contribution < -0.4 is 0 Å². The van der Waals surface area contributed by atoms with Crippen LogP contribution in [0.2, 0.25) is 0 Å². The summed E-state index contributed by atoms with van der Waals surface area (Å²) in [4.78, 5) is 5.22. The van der Waals surface area contributed by atoms with Crippen molar-refractivity contribution >= 4 is 5.71 Å². The minimum absolute atomic E-state index is 0.0699. The van der Waals surface area contributed by atoms with E-state index in [2.05, 4.69) is 12.1 Å². The van der Waals surface area contributed by atoms with E-state index in [1.165, 1.54) is 5.56 Å². The van der Waals surface area contributed by atoms with Gasteiger partial charge in [0.25, 0.3) is 0 Å². The lowest BCUT2D eigenvalue weighted by molar-refractivity contribution is -0.00305. The van der Waals surface area contributed by atoms with Gasteiger partial charge in [-0.2, -0.15) is 0 Å². The molecule has 0 spiro atoms. The first-order valence-electron chi connectivity index (χ1n) is 5.51. The molecule has 1 aromatic rings. The number of hydrogen-bond donors (Lipinski definition) is 0. The number of ether oxygens (including phenoxy) is 1. The summed E-state index contributed by atoms with van der Waals surface area (Å²) in [6, 6.07) is 10.1. The molecule has 1 heterocycles. The van der Waals surface area contributed by atoms with E-state index >= 15 is 0 Å². The molecular weight excluding hydrogens is 202 g/mol. The van der Waals surface area contributed by atoms with Crippen molar-refractivity contribution in [1.82, 2.24) is 0 Å². The summed E-state index contributed by atoms with van der Waals surface area (Å²) < 4.78 is 5.58. The van der Waals surface area contributed by atoms with Crippen molar-refractivity contribution in [3.63, 3.8) is 0 Å². The van der Waals surface area contributed by atoms with Crippen LogP contribution in [0, 0.1) is 6.92 Å². The van der Waals surface area contributed by atoms with Crippen molar-refractivity contribution in [3.8, 4) is 0 Å². The van der Waals surface area contributed by atoms with Gasteiger partial charge in [0.2, 0.25) is 0 Å². The van der Waals surface area contributed by atoms with Crippen LogP contribution in [-0.4, -0.2) is 18.4 Å². The molecule has 1 aromatic carbocycles. The summed E-state index contributed by atoms with van der Waals surface area (Å²) in [5.74, 6) is 0. The van der Waals surface area contributed by atoms with Gasteiger partial charge in [-0.05, 0) is 18.9 Å². The predicted octanol–water partition coefficient (Wildman–Crippen LogP) is 2.57. The number of oxime groups is 1. The Morgan fingerprint density at radius 2 is 2.19 bits per heavy atom. The summed E-state index contributed by atoms with van der Waals surface area (Å²) in [5, 5.41) is 3.94. The summed E-state index contributed by atoms with van der Waals surface area (Å²) in [5.41, 5.74) is 2.20. The van der Waals surface area contributed by atoms with Crippen LogP contribution in [0.3, 0.4) is 0 Å². The van der Waals surface area contributed by atoms with Crippen molar-refractivity contribution in [2.75, 3.05) is 6.61 Å². The molecule has 0 saturated carbocycles. The van der Waals surface area contributed by atoms with Crippen LogP contribution in [0.4, 0.5) is 0 Å². The topological polar surface area (TPSA) is 30.8 Å². The smallest absolute Gasteiger partial charge is 0.156 e. The van der Waals surface area contributed by atoms with Gasteiger partial charge in [-0.15, -0.1) is 0 Å². The van der Waals surface area contributed by atoms with Crippen LogP contribution in [0.1, 0.15) is 18.4 Å². The zero-order chi connectivity index (χ0) is 11.2. The predicted molar refractivity (Wildman–Crippen MR) is 63.0 cm³/mol. The highest BCUT2D eigenvalue weighted by molar-refractivity contribution is 5.85. The average molecular weight is 218 g/mol. The molecule has 85 valence electrons. The molecule has 1 atom stereocenters. The maximum Gasteiger partial charge on any atom is 0.156 e. The van der Waals surface area contributed by atoms with Crippen molar-refractivity contribution in [2.24, 2.45) is 5.16 Å². The Morgan fingerprint density at radius 3 is 2.88 bits per heavy atom. The van der Waals surface area contributed by atoms with Gasteiger partial charge in [0, 0.05) is 6.42 Å². The first kappa shape index (κ1) is 11.1. The van der Waals surface area contributed by atoms with Gasteiger partial charge >= 0.3 is 0 Å². The fourth-order valence-electron chi connectivity index (χ4n) is 1.61. The molecule has 1 aliphatic rings. The Balaban J connectivity index is 1.66. The van der Waals surface area contributed by atoms with E-state index in [-0.39, 0.29) is 6.10 Å². The van der Waals surface area contributed by atoms with Gasteiger partial charge in [-0.25, -0.2) is 0 Å². The van der Waals surface area contributed by atoms with Crippen molar-refractivity contribution in [2.45, 2.75) is 25.6 Å². The van der Waals surface area contributed by atoms with Gasteiger partial charge < -0.3 is 9.57 Å². The van der Waals surface area contributed by atoms with Crippen LogP contribution >= 0.6 is 0 Å². The zero-order valence-corrected chi connectivity index (χ0v) is 9.26. The molecular formula is C13H16NO2. The van der Waals surface area contributed by atoms with Crippen molar-refractivity contribution < 1.29 is 9.57 Å². The molecule has 16 heavy (non-hydrogen) atoms. The quantitative estimate of drug-likeness (QED) is 0.760. The van der Waals surface area contributed by atoms with Crippen molar-refractivity contribution in [3.05, 3.63) is 42.8 Å². The Bertz CT molecular complexity index is 348. The van der Waals surface area contributed by atoms with Gasteiger partial charge in [-0.3, -0.25) is 0 Å². The van der Waals surface area contributed by atoms with E-state index in [0.29, 0.717) is 13.2 Å². The van der Waals surface area contributed by atoms with Crippen LogP contribution in [0.5, 0.6) is 0 Å². The second-order valence-electron chi connectivity index (χ2n) is 3.84. The number of hydrogen-bond acceptors (Lipinski definition) is 3. The van der Waals surface area contributed by atoms with Crippen LogP contribution in [0.25, 0.3) is 0 Å². The fourth-order valence-corrected chi connectivity index (χ4v) is 1.61. The van der Waals surface area contributed by atoms with E-state index in [1.807, 2.05) is 30.3 Å². The van der Waals surface area contributed by atoms with Gasteiger partial charge in [0.1, 0.15) is 0 Å². The second-order valence-corrected chi connectivity index (χ2v) is 3.84. The molecule has 0 amide bonds. The normalized spacial score (nSPS) is 19.3. The van der Waals surface area contributed by atoms with E-state index in [1.54, 1.807) is 0 Å². The largest absolute Gasteiger partial charge is 0.390 e. The highest BCUT2D eigenvalue weighted by Crippen LogP contribution is 2.13. The molecule has 1 radical (unpaired) electrons. The van der Waals surface area contributed by atoms with Gasteiger partial charge in [0.15, 0.2) is 6.10 Å². The number of nitrogens with zero attached hydrogens (tertiary/aromatic N) is 1. The van der Waals surface area contributed by atoms with E-state index in [4.69, 9.17) is 9.57 Å². The lowest BCUT2D eigenvalue weighted by Gasteiger charge is -2.08. The van der Waals surface area contributed by atoms with E-state index < -0.39 is 0 Å². The van der Waals surface area contributed by atoms with E-state index in [9.17, 15) is 0 Å². The van der Waals surface area contributed by atoms with Crippen LogP contribution in [-0.2, 0) is 16.2 Å². The monoisotopic (exact) mass is 218 g/mol. The minimum atomic E-state index is 0.0699. The first-order chi connectivity index (χ1) is 7.88. The number of benzene rings is 1. The van der Waals surface area contributed by atoms with Gasteiger partial charge in [-0.1, -0.05) is 35.5 Å². The van der Waals surface area contributed by atoms with Gasteiger partial charge in [0.05, 0.1) is 18.9 Å². The standard InChI is InChI=1S/C13H16NO2/c1-2-12-8-13(16-14-12)10-15-9-11-6-4-3-5-7-11/h3-7,13H,1-2,8-10H2. The molecule has 1 aliphatic heterocycles. The van der Waals surface area contributed by atoms with Crippen molar-refractivity contribution in [1.29, 1.82) is 0 Å². The maximum atomic E-state index is 5.58. The Hall–Kier alpha value is -1.35. The highest BCUT2D eigenvalue weighted by atomic mass is 16.7. The Labute approximate surface area is 96.1 Å². The summed E-state index contributed by atoms with van der Waals surface area (Å²) >= 11 is 0. The summed E-state index contributed by atoms with van der Waals surface area (Å²) in [6.07, 6.45) is 1.63. The highest BCUT2D eigenvalue weighted by Gasteiger charge is 2.19. The molecule has 0 aromatic heterocycles. The molecule has 0 N–H and O–H groups in total. The maximum absolute atomic E-state index is 5.58. The lowest BCUT2D eigenvalue weighted by Crippen LogP contribution is -2.15. The molecule has 3 nitrogen and oxygen atoms in total. The third kappa shape index (κ3) is 3.07. The first-order valence-corrected chi connectivity index (χ1v) is 5.51. The average Bonchev–Trinajstić information content (AvgIpc) is 2.78. The van der Waals surface area contributed by atoms with Crippen LogP contribution in [0.15, 0.2) is 35.5 Å². The number of rotatable bonds is 5. The van der Waals surface area contributed by atoms with E-state index in [0.717, 1.165) is 18.6 Å². The fraction of sp³-hybridized carbons (Fsp3) is 0.385. The lowest BCUT2D eigenvalue weighted by atomic mass is 10.1. The SMILES string of the molecule is [CH2]CC1=NOC(COCc2ccccc2)C1. The minimum Gasteiger partial charge on any atom is -0.390 e. The zero-order valence-electron chi connectivity index (χ0n) is 9.26. The third-order valence-electron chi connectivity index (χ3n) is 2.50. The molecule has 1 unspecified atom stereocenters. The molecule has 0 saturated heterocycles. The Kier molecular flexibility index (Phi) is 3.94. The Morgan fingerprint density at radius 1 is 1.38 bits per heavy atom.